The Bertz CT molecular complexity index is 412. The highest BCUT2D eigenvalue weighted by atomic mass is 32.2. The van der Waals surface area contributed by atoms with E-state index in [0.29, 0.717) is 17.3 Å². The zero-order valence-corrected chi connectivity index (χ0v) is 11.4. The molecule has 0 aliphatic carbocycles. The van der Waals surface area contributed by atoms with Crippen LogP contribution >= 0.6 is 11.8 Å². The topological polar surface area (TPSA) is 53.0 Å². The van der Waals surface area contributed by atoms with Gasteiger partial charge in [0.1, 0.15) is 6.07 Å². The molecule has 0 heterocycles. The first kappa shape index (κ1) is 13.7. The Morgan fingerprint density at radius 1 is 1.53 bits per heavy atom. The summed E-state index contributed by atoms with van der Waals surface area (Å²) in [4.78, 5) is 2.19. The van der Waals surface area contributed by atoms with Crippen LogP contribution in [-0.2, 0) is 0 Å². The quantitative estimate of drug-likeness (QED) is 0.815. The monoisotopic (exact) mass is 249 g/mol. The summed E-state index contributed by atoms with van der Waals surface area (Å²) in [5.74, 6) is 1.14. The van der Waals surface area contributed by atoms with Crippen molar-refractivity contribution in [3.63, 3.8) is 0 Å². The molecule has 0 spiro atoms. The van der Waals surface area contributed by atoms with Crippen molar-refractivity contribution in [3.8, 4) is 6.07 Å². The molecule has 17 heavy (non-hydrogen) atoms. The fourth-order valence-electron chi connectivity index (χ4n) is 1.60. The molecule has 1 rings (SSSR count). The summed E-state index contributed by atoms with van der Waals surface area (Å²) in [5, 5.41) is 8.95. The van der Waals surface area contributed by atoms with Gasteiger partial charge in [-0.3, -0.25) is 0 Å². The smallest absolute Gasteiger partial charge is 0.101 e. The molecular formula is C13H19N3S. The molecule has 4 heteroatoms. The highest BCUT2D eigenvalue weighted by Gasteiger charge is 2.11. The molecule has 0 saturated carbocycles. The minimum Gasteiger partial charge on any atom is -0.398 e. The van der Waals surface area contributed by atoms with Crippen LogP contribution in [0.4, 0.5) is 11.4 Å². The van der Waals surface area contributed by atoms with Gasteiger partial charge in [-0.2, -0.15) is 17.0 Å². The van der Waals surface area contributed by atoms with Gasteiger partial charge in [0.05, 0.1) is 5.56 Å². The number of nitriles is 1. The van der Waals surface area contributed by atoms with Gasteiger partial charge in [0.15, 0.2) is 0 Å². The van der Waals surface area contributed by atoms with E-state index in [2.05, 4.69) is 31.2 Å². The summed E-state index contributed by atoms with van der Waals surface area (Å²) in [5.41, 5.74) is 7.85. The van der Waals surface area contributed by atoms with Crippen molar-refractivity contribution in [2.75, 3.05) is 29.7 Å². The third kappa shape index (κ3) is 3.57. The third-order valence-electron chi connectivity index (χ3n) is 2.97. The number of hydrogen-bond donors (Lipinski definition) is 1. The largest absolute Gasteiger partial charge is 0.398 e. The Labute approximate surface area is 108 Å². The lowest BCUT2D eigenvalue weighted by Crippen LogP contribution is -2.29. The Morgan fingerprint density at radius 2 is 2.24 bits per heavy atom. The number of nitrogens with two attached hydrogens (primary N) is 1. The number of rotatable bonds is 5. The van der Waals surface area contributed by atoms with Gasteiger partial charge in [-0.05, 0) is 43.6 Å². The fraction of sp³-hybridized carbons (Fsp3) is 0.462. The summed E-state index contributed by atoms with van der Waals surface area (Å²) in [6.07, 6.45) is 3.24. The van der Waals surface area contributed by atoms with Crippen LogP contribution in [0.15, 0.2) is 18.2 Å². The van der Waals surface area contributed by atoms with Crippen molar-refractivity contribution in [2.45, 2.75) is 19.4 Å². The molecule has 0 saturated heterocycles. The van der Waals surface area contributed by atoms with Crippen LogP contribution in [0.25, 0.3) is 0 Å². The van der Waals surface area contributed by atoms with Crippen molar-refractivity contribution in [2.24, 2.45) is 0 Å². The summed E-state index contributed by atoms with van der Waals surface area (Å²) in [6, 6.07) is 8.19. The maximum atomic E-state index is 8.95. The summed E-state index contributed by atoms with van der Waals surface area (Å²) in [6.45, 7) is 2.19. The predicted molar refractivity (Wildman–Crippen MR) is 76.4 cm³/mol. The molecule has 1 aromatic rings. The Balaban J connectivity index is 2.82. The second-order valence-corrected chi connectivity index (χ2v) is 5.11. The fourth-order valence-corrected chi connectivity index (χ4v) is 2.17. The summed E-state index contributed by atoms with van der Waals surface area (Å²) in [7, 11) is 2.05. The number of hydrogen-bond acceptors (Lipinski definition) is 4. The maximum absolute atomic E-state index is 8.95. The minimum atomic E-state index is 0.456. The molecule has 2 N–H and O–H groups in total. The van der Waals surface area contributed by atoms with Gasteiger partial charge in [-0.25, -0.2) is 0 Å². The summed E-state index contributed by atoms with van der Waals surface area (Å²) >= 11 is 1.85. The van der Waals surface area contributed by atoms with Gasteiger partial charge in [0, 0.05) is 24.5 Å². The average molecular weight is 249 g/mol. The molecule has 1 atom stereocenters. The third-order valence-corrected chi connectivity index (χ3v) is 3.61. The highest BCUT2D eigenvalue weighted by molar-refractivity contribution is 7.98. The molecule has 92 valence electrons. The van der Waals surface area contributed by atoms with E-state index in [1.807, 2.05) is 23.9 Å². The lowest BCUT2D eigenvalue weighted by atomic mass is 10.1. The van der Waals surface area contributed by atoms with E-state index in [1.54, 1.807) is 6.07 Å². The predicted octanol–water partition coefficient (Wildman–Crippen LogP) is 2.72. The lowest BCUT2D eigenvalue weighted by Gasteiger charge is -2.27. The van der Waals surface area contributed by atoms with Crippen LogP contribution in [0.2, 0.25) is 0 Å². The Hall–Kier alpha value is -1.34. The molecule has 0 bridgehead atoms. The first-order chi connectivity index (χ1) is 8.10. The number of thioether (sulfide) groups is 1. The van der Waals surface area contributed by atoms with Crippen molar-refractivity contribution in [1.82, 2.24) is 0 Å². The van der Waals surface area contributed by atoms with E-state index in [1.165, 1.54) is 0 Å². The van der Waals surface area contributed by atoms with E-state index in [0.717, 1.165) is 17.9 Å². The first-order valence-corrected chi connectivity index (χ1v) is 7.01. The molecule has 1 unspecified atom stereocenters. The Kier molecular flexibility index (Phi) is 5.17. The van der Waals surface area contributed by atoms with E-state index in [-0.39, 0.29) is 0 Å². The second-order valence-electron chi connectivity index (χ2n) is 4.12. The zero-order valence-electron chi connectivity index (χ0n) is 10.6. The van der Waals surface area contributed by atoms with Crippen LogP contribution in [0.3, 0.4) is 0 Å². The molecular weight excluding hydrogens is 230 g/mol. The van der Waals surface area contributed by atoms with E-state index >= 15 is 0 Å². The minimum absolute atomic E-state index is 0.456. The number of nitrogen functional groups attached to an aromatic ring is 1. The van der Waals surface area contributed by atoms with Crippen LogP contribution in [0, 0.1) is 11.3 Å². The van der Waals surface area contributed by atoms with Gasteiger partial charge in [0.2, 0.25) is 0 Å². The first-order valence-electron chi connectivity index (χ1n) is 5.61. The molecule has 0 aliphatic rings. The maximum Gasteiger partial charge on any atom is 0.101 e. The SMILES string of the molecule is CSCCC(C)N(C)c1ccc(N)c(C#N)c1. The van der Waals surface area contributed by atoms with Gasteiger partial charge in [-0.15, -0.1) is 0 Å². The van der Waals surface area contributed by atoms with E-state index in [9.17, 15) is 0 Å². The van der Waals surface area contributed by atoms with Crippen molar-refractivity contribution in [1.29, 1.82) is 5.26 Å². The van der Waals surface area contributed by atoms with Gasteiger partial charge < -0.3 is 10.6 Å². The van der Waals surface area contributed by atoms with Gasteiger partial charge in [0.25, 0.3) is 0 Å². The normalized spacial score (nSPS) is 11.9. The molecule has 1 aromatic carbocycles. The van der Waals surface area contributed by atoms with Crippen molar-refractivity contribution in [3.05, 3.63) is 23.8 Å². The molecule has 0 fully saturated rings. The lowest BCUT2D eigenvalue weighted by molar-refractivity contribution is 0.669. The molecule has 3 nitrogen and oxygen atoms in total. The molecule has 0 aromatic heterocycles. The van der Waals surface area contributed by atoms with E-state index in [4.69, 9.17) is 11.0 Å². The molecule has 0 amide bonds. The van der Waals surface area contributed by atoms with Crippen LogP contribution < -0.4 is 10.6 Å². The van der Waals surface area contributed by atoms with Gasteiger partial charge >= 0.3 is 0 Å². The summed E-state index contributed by atoms with van der Waals surface area (Å²) < 4.78 is 0. The van der Waals surface area contributed by atoms with Crippen LogP contribution in [0.5, 0.6) is 0 Å². The highest BCUT2D eigenvalue weighted by Crippen LogP contribution is 2.22. The number of nitrogens with zero attached hydrogens (tertiary/aromatic N) is 2. The Morgan fingerprint density at radius 3 is 2.82 bits per heavy atom. The van der Waals surface area contributed by atoms with Crippen molar-refractivity contribution >= 4 is 23.1 Å². The van der Waals surface area contributed by atoms with E-state index < -0.39 is 0 Å². The van der Waals surface area contributed by atoms with Gasteiger partial charge in [-0.1, -0.05) is 0 Å². The number of benzene rings is 1. The number of anilines is 2. The van der Waals surface area contributed by atoms with Crippen molar-refractivity contribution < 1.29 is 0 Å². The molecule has 0 aliphatic heterocycles. The van der Waals surface area contributed by atoms with Crippen LogP contribution in [-0.4, -0.2) is 25.1 Å². The second kappa shape index (κ2) is 6.41. The average Bonchev–Trinajstić information content (AvgIpc) is 2.35. The standard InChI is InChI=1S/C13H19N3S/c1-10(6-7-17-3)16(2)12-4-5-13(15)11(8-12)9-14/h4-5,8,10H,6-7,15H2,1-3H3. The molecule has 0 radical (unpaired) electrons. The van der Waals surface area contributed by atoms with Crippen LogP contribution in [0.1, 0.15) is 18.9 Å². The zero-order chi connectivity index (χ0) is 12.8.